The van der Waals surface area contributed by atoms with Gasteiger partial charge in [0, 0.05) is 5.69 Å². The second-order valence-corrected chi connectivity index (χ2v) is 8.07. The molecule has 162 valence electrons. The van der Waals surface area contributed by atoms with E-state index in [1.807, 2.05) is 75.4 Å². The highest BCUT2D eigenvalue weighted by Crippen LogP contribution is 2.44. The van der Waals surface area contributed by atoms with Crippen molar-refractivity contribution in [2.45, 2.75) is 26.8 Å². The van der Waals surface area contributed by atoms with E-state index in [0.717, 1.165) is 22.3 Å². The molecular formula is C27H25NO4. The Hall–Kier alpha value is -3.86. The Labute approximate surface area is 187 Å². The normalized spacial score (nSPS) is 17.6. The second-order valence-electron chi connectivity index (χ2n) is 8.07. The fourth-order valence-corrected chi connectivity index (χ4v) is 4.26. The monoisotopic (exact) mass is 427 g/mol. The summed E-state index contributed by atoms with van der Waals surface area (Å²) >= 11 is 0. The first-order valence-electron chi connectivity index (χ1n) is 10.4. The third-order valence-electron chi connectivity index (χ3n) is 5.78. The highest BCUT2D eigenvalue weighted by molar-refractivity contribution is 6.51. The molecule has 32 heavy (non-hydrogen) atoms. The van der Waals surface area contributed by atoms with Crippen molar-refractivity contribution in [3.05, 3.63) is 100 Å². The van der Waals surface area contributed by atoms with Gasteiger partial charge in [0.2, 0.25) is 0 Å². The van der Waals surface area contributed by atoms with Crippen LogP contribution in [0, 0.1) is 20.8 Å². The molecule has 0 aromatic heterocycles. The van der Waals surface area contributed by atoms with Gasteiger partial charge in [-0.3, -0.25) is 14.5 Å². The van der Waals surface area contributed by atoms with Gasteiger partial charge in [-0.05, 0) is 50.1 Å². The zero-order valence-corrected chi connectivity index (χ0v) is 18.5. The van der Waals surface area contributed by atoms with Crippen LogP contribution in [0.1, 0.15) is 33.9 Å². The number of aryl methyl sites for hydroxylation is 3. The third-order valence-corrected chi connectivity index (χ3v) is 5.78. The summed E-state index contributed by atoms with van der Waals surface area (Å²) in [6, 6.07) is 19.6. The van der Waals surface area contributed by atoms with E-state index >= 15 is 0 Å². The molecule has 1 aliphatic rings. The molecule has 4 rings (SSSR count). The fraction of sp³-hybridized carbons (Fsp3) is 0.185. The molecule has 0 saturated carbocycles. The summed E-state index contributed by atoms with van der Waals surface area (Å²) < 4.78 is 5.42. The van der Waals surface area contributed by atoms with Crippen molar-refractivity contribution < 1.29 is 19.4 Å². The number of ether oxygens (including phenoxy) is 1. The van der Waals surface area contributed by atoms with Gasteiger partial charge in [-0.15, -0.1) is 0 Å². The van der Waals surface area contributed by atoms with Crippen LogP contribution in [-0.2, 0) is 9.59 Å². The van der Waals surface area contributed by atoms with Gasteiger partial charge >= 0.3 is 0 Å². The highest BCUT2D eigenvalue weighted by Gasteiger charge is 2.47. The molecule has 5 heteroatoms. The van der Waals surface area contributed by atoms with Gasteiger partial charge in [0.05, 0.1) is 24.3 Å². The van der Waals surface area contributed by atoms with E-state index in [1.54, 1.807) is 12.1 Å². The van der Waals surface area contributed by atoms with E-state index in [1.165, 1.54) is 12.0 Å². The Morgan fingerprint density at radius 3 is 2.22 bits per heavy atom. The summed E-state index contributed by atoms with van der Waals surface area (Å²) in [5.41, 5.74) is 4.63. The number of carbonyl (C=O) groups is 2. The number of benzene rings is 3. The summed E-state index contributed by atoms with van der Waals surface area (Å²) in [4.78, 5) is 28.1. The number of amides is 1. The molecular weight excluding hydrogens is 402 g/mol. The quantitative estimate of drug-likeness (QED) is 0.351. The SMILES string of the molecule is COc1ccc(C)cc1/C(O)=C1\C(=O)C(=O)N(c2ccc(C)cc2C)C1c1ccccc1. The van der Waals surface area contributed by atoms with E-state index < -0.39 is 17.7 Å². The predicted octanol–water partition coefficient (Wildman–Crippen LogP) is 5.25. The van der Waals surface area contributed by atoms with E-state index in [9.17, 15) is 14.7 Å². The molecule has 0 aliphatic carbocycles. The zero-order valence-electron chi connectivity index (χ0n) is 18.5. The van der Waals surface area contributed by atoms with Crippen molar-refractivity contribution in [2.75, 3.05) is 12.0 Å². The van der Waals surface area contributed by atoms with Crippen molar-refractivity contribution in [3.63, 3.8) is 0 Å². The molecule has 1 atom stereocenters. The van der Waals surface area contributed by atoms with Crippen LogP contribution in [0.3, 0.4) is 0 Å². The van der Waals surface area contributed by atoms with Crippen molar-refractivity contribution in [3.8, 4) is 5.75 Å². The number of hydrogen-bond donors (Lipinski definition) is 1. The Morgan fingerprint density at radius 2 is 1.56 bits per heavy atom. The second kappa shape index (κ2) is 8.35. The summed E-state index contributed by atoms with van der Waals surface area (Å²) in [7, 11) is 1.50. The van der Waals surface area contributed by atoms with Gasteiger partial charge < -0.3 is 9.84 Å². The van der Waals surface area contributed by atoms with Crippen LogP contribution >= 0.6 is 0 Å². The lowest BCUT2D eigenvalue weighted by atomic mass is 9.94. The van der Waals surface area contributed by atoms with E-state index in [-0.39, 0.29) is 11.3 Å². The van der Waals surface area contributed by atoms with Crippen molar-refractivity contribution in [1.29, 1.82) is 0 Å². The van der Waals surface area contributed by atoms with Crippen LogP contribution in [0.5, 0.6) is 5.75 Å². The molecule has 1 unspecified atom stereocenters. The molecule has 1 fully saturated rings. The van der Waals surface area contributed by atoms with Crippen LogP contribution < -0.4 is 9.64 Å². The zero-order chi connectivity index (χ0) is 23.0. The number of carbonyl (C=O) groups excluding carboxylic acids is 2. The number of hydrogen-bond acceptors (Lipinski definition) is 4. The minimum Gasteiger partial charge on any atom is -0.507 e. The Bertz CT molecular complexity index is 1240. The fourth-order valence-electron chi connectivity index (χ4n) is 4.26. The molecule has 1 aliphatic heterocycles. The van der Waals surface area contributed by atoms with Gasteiger partial charge in [-0.1, -0.05) is 59.7 Å². The number of rotatable bonds is 4. The Balaban J connectivity index is 2.00. The van der Waals surface area contributed by atoms with Gasteiger partial charge in [0.25, 0.3) is 11.7 Å². The lowest BCUT2D eigenvalue weighted by Gasteiger charge is -2.27. The van der Waals surface area contributed by atoms with Crippen molar-refractivity contribution in [1.82, 2.24) is 0 Å². The molecule has 3 aromatic rings. The van der Waals surface area contributed by atoms with Gasteiger partial charge in [0.1, 0.15) is 11.5 Å². The number of methoxy groups -OCH3 is 1. The number of Topliss-reactive ketones (excluding diaryl/α,β-unsaturated/α-hetero) is 1. The van der Waals surface area contributed by atoms with Gasteiger partial charge in [-0.2, -0.15) is 0 Å². The molecule has 0 radical (unpaired) electrons. The van der Waals surface area contributed by atoms with Crippen molar-refractivity contribution >= 4 is 23.1 Å². The Morgan fingerprint density at radius 1 is 0.906 bits per heavy atom. The summed E-state index contributed by atoms with van der Waals surface area (Å²) in [6.07, 6.45) is 0. The predicted molar refractivity (Wildman–Crippen MR) is 125 cm³/mol. The maximum atomic E-state index is 13.3. The standard InChI is InChI=1S/C27H25NO4/c1-16-10-12-21(18(3)14-16)28-24(19-8-6-5-7-9-19)23(26(30)27(28)31)25(29)20-15-17(2)11-13-22(20)32-4/h5-15,24,29H,1-4H3/b25-23+. The van der Waals surface area contributed by atoms with Gasteiger partial charge in [-0.25, -0.2) is 0 Å². The maximum Gasteiger partial charge on any atom is 0.300 e. The summed E-state index contributed by atoms with van der Waals surface area (Å²) in [5, 5.41) is 11.4. The van der Waals surface area contributed by atoms with Crippen LogP contribution in [0.4, 0.5) is 5.69 Å². The molecule has 0 bridgehead atoms. The lowest BCUT2D eigenvalue weighted by molar-refractivity contribution is -0.132. The molecule has 1 amide bonds. The maximum absolute atomic E-state index is 13.3. The molecule has 1 N–H and O–H groups in total. The van der Waals surface area contributed by atoms with E-state index in [2.05, 4.69) is 0 Å². The van der Waals surface area contributed by atoms with Crippen LogP contribution in [0.25, 0.3) is 5.76 Å². The molecule has 1 heterocycles. The first-order chi connectivity index (χ1) is 15.3. The third kappa shape index (κ3) is 3.56. The highest BCUT2D eigenvalue weighted by atomic mass is 16.5. The number of anilines is 1. The summed E-state index contributed by atoms with van der Waals surface area (Å²) in [6.45, 7) is 5.77. The summed E-state index contributed by atoms with van der Waals surface area (Å²) in [5.74, 6) is -1.21. The average Bonchev–Trinajstić information content (AvgIpc) is 3.04. The smallest absolute Gasteiger partial charge is 0.300 e. The first-order valence-corrected chi connectivity index (χ1v) is 10.4. The van der Waals surface area contributed by atoms with Gasteiger partial charge in [0.15, 0.2) is 0 Å². The lowest BCUT2D eigenvalue weighted by Crippen LogP contribution is -2.30. The van der Waals surface area contributed by atoms with Crippen LogP contribution in [0.15, 0.2) is 72.3 Å². The molecule has 3 aromatic carbocycles. The number of ketones is 1. The van der Waals surface area contributed by atoms with Crippen LogP contribution in [0.2, 0.25) is 0 Å². The molecule has 5 nitrogen and oxygen atoms in total. The number of aliphatic hydroxyl groups is 1. The van der Waals surface area contributed by atoms with E-state index in [4.69, 9.17) is 4.74 Å². The van der Waals surface area contributed by atoms with E-state index in [0.29, 0.717) is 17.0 Å². The largest absolute Gasteiger partial charge is 0.507 e. The first kappa shape index (κ1) is 21.4. The molecule has 1 saturated heterocycles. The average molecular weight is 428 g/mol. The molecule has 0 spiro atoms. The minimum atomic E-state index is -0.761. The topological polar surface area (TPSA) is 66.8 Å². The van der Waals surface area contributed by atoms with Crippen LogP contribution in [-0.4, -0.2) is 23.9 Å². The minimum absolute atomic E-state index is 0.0464. The Kier molecular flexibility index (Phi) is 5.57. The number of nitrogens with zero attached hydrogens (tertiary/aromatic N) is 1. The number of aliphatic hydroxyl groups excluding tert-OH is 1. The van der Waals surface area contributed by atoms with Crippen molar-refractivity contribution in [2.24, 2.45) is 0 Å².